The Balaban J connectivity index is 2.27. The van der Waals surface area contributed by atoms with Crippen molar-refractivity contribution in [1.82, 2.24) is 14.7 Å². The maximum atomic E-state index is 9.22. The molecule has 1 N–H and O–H groups in total. The van der Waals surface area contributed by atoms with Gasteiger partial charge in [-0.25, -0.2) is 4.98 Å². The van der Waals surface area contributed by atoms with Crippen molar-refractivity contribution in [3.05, 3.63) is 5.82 Å². The summed E-state index contributed by atoms with van der Waals surface area (Å²) in [6.45, 7) is 7.05. The van der Waals surface area contributed by atoms with Gasteiger partial charge < -0.3 is 0 Å². The average Bonchev–Trinajstić information content (AvgIpc) is 2.89. The summed E-state index contributed by atoms with van der Waals surface area (Å²) >= 11 is 3.21. The number of nitriles is 1. The summed E-state index contributed by atoms with van der Waals surface area (Å²) in [6.07, 6.45) is 3.82. The van der Waals surface area contributed by atoms with E-state index in [1.165, 1.54) is 11.5 Å². The molecule has 1 unspecified atom stereocenters. The lowest BCUT2D eigenvalue weighted by molar-refractivity contribution is 0.415. The Bertz CT molecular complexity index is 413. The summed E-state index contributed by atoms with van der Waals surface area (Å²) in [5.74, 6) is 1.92. The summed E-state index contributed by atoms with van der Waals surface area (Å²) in [4.78, 5) is 4.42. The standard InChI is InChI=1S/C13H22N4S2/c1-4-8-15-13(3,10-14)7-6-9-18-12-16-11(5-2)17-19-12/h15H,4-9H2,1-3H3. The molecule has 0 spiro atoms. The molecule has 0 saturated heterocycles. The van der Waals surface area contributed by atoms with Gasteiger partial charge in [-0.05, 0) is 44.3 Å². The summed E-state index contributed by atoms with van der Waals surface area (Å²) in [6, 6.07) is 2.38. The highest BCUT2D eigenvalue weighted by Crippen LogP contribution is 2.23. The van der Waals surface area contributed by atoms with Crippen LogP contribution >= 0.6 is 23.3 Å². The van der Waals surface area contributed by atoms with Gasteiger partial charge in [0.2, 0.25) is 0 Å². The topological polar surface area (TPSA) is 61.6 Å². The minimum atomic E-state index is -0.397. The SMILES string of the molecule is CCCNC(C)(C#N)CCCSc1nc(CC)ns1. The Labute approximate surface area is 124 Å². The minimum absolute atomic E-state index is 0.397. The van der Waals surface area contributed by atoms with Crippen LogP contribution in [0.5, 0.6) is 0 Å². The molecule has 0 saturated carbocycles. The summed E-state index contributed by atoms with van der Waals surface area (Å²) in [5.41, 5.74) is -0.397. The van der Waals surface area contributed by atoms with Crippen LogP contribution in [0.1, 0.15) is 45.9 Å². The van der Waals surface area contributed by atoms with Crippen LogP contribution in [0.3, 0.4) is 0 Å². The summed E-state index contributed by atoms with van der Waals surface area (Å²) in [7, 11) is 0. The molecule has 4 nitrogen and oxygen atoms in total. The van der Waals surface area contributed by atoms with Gasteiger partial charge in [0.15, 0.2) is 4.34 Å². The van der Waals surface area contributed by atoms with Crippen LogP contribution in [0.4, 0.5) is 0 Å². The van der Waals surface area contributed by atoms with E-state index in [2.05, 4.69) is 34.6 Å². The van der Waals surface area contributed by atoms with Gasteiger partial charge >= 0.3 is 0 Å². The van der Waals surface area contributed by atoms with Crippen molar-refractivity contribution in [3.8, 4) is 6.07 Å². The molecule has 106 valence electrons. The third kappa shape index (κ3) is 5.89. The first kappa shape index (κ1) is 16.4. The third-order valence-corrected chi connectivity index (χ3v) is 4.78. The highest BCUT2D eigenvalue weighted by Gasteiger charge is 2.21. The molecule has 0 radical (unpaired) electrons. The largest absolute Gasteiger partial charge is 0.300 e. The molecule has 0 amide bonds. The predicted molar refractivity (Wildman–Crippen MR) is 81.6 cm³/mol. The number of aromatic nitrogens is 2. The molecule has 1 aromatic heterocycles. The van der Waals surface area contributed by atoms with Crippen LogP contribution in [0, 0.1) is 11.3 Å². The molecule has 0 bridgehead atoms. The second-order valence-electron chi connectivity index (χ2n) is 4.65. The van der Waals surface area contributed by atoms with Gasteiger partial charge in [-0.1, -0.05) is 25.6 Å². The summed E-state index contributed by atoms with van der Waals surface area (Å²) in [5, 5.41) is 12.5. The van der Waals surface area contributed by atoms with E-state index in [9.17, 15) is 5.26 Å². The van der Waals surface area contributed by atoms with Crippen LogP contribution in [0.25, 0.3) is 0 Å². The fraction of sp³-hybridized carbons (Fsp3) is 0.769. The first-order chi connectivity index (χ1) is 9.13. The zero-order chi connectivity index (χ0) is 14.1. The van der Waals surface area contributed by atoms with Crippen molar-refractivity contribution in [3.63, 3.8) is 0 Å². The summed E-state index contributed by atoms with van der Waals surface area (Å²) < 4.78 is 5.30. The molecular weight excluding hydrogens is 276 g/mol. The van der Waals surface area contributed by atoms with Crippen molar-refractivity contribution in [2.24, 2.45) is 0 Å². The zero-order valence-electron chi connectivity index (χ0n) is 11.9. The van der Waals surface area contributed by atoms with E-state index < -0.39 is 5.54 Å². The molecule has 0 aliphatic heterocycles. The Morgan fingerprint density at radius 3 is 2.84 bits per heavy atom. The lowest BCUT2D eigenvalue weighted by atomic mass is 9.98. The van der Waals surface area contributed by atoms with Gasteiger partial charge in [-0.15, -0.1) is 0 Å². The first-order valence-corrected chi connectivity index (χ1v) is 8.51. The predicted octanol–water partition coefficient (Wildman–Crippen LogP) is 3.25. The van der Waals surface area contributed by atoms with Crippen molar-refractivity contribution in [1.29, 1.82) is 5.26 Å². The maximum absolute atomic E-state index is 9.22. The quantitative estimate of drug-likeness (QED) is 0.560. The molecular formula is C13H22N4S2. The van der Waals surface area contributed by atoms with Gasteiger partial charge in [0.25, 0.3) is 0 Å². The molecule has 6 heteroatoms. The zero-order valence-corrected chi connectivity index (χ0v) is 13.5. The monoisotopic (exact) mass is 298 g/mol. The number of hydrogen-bond acceptors (Lipinski definition) is 6. The fourth-order valence-electron chi connectivity index (χ4n) is 1.61. The lowest BCUT2D eigenvalue weighted by Crippen LogP contribution is -2.41. The first-order valence-electron chi connectivity index (χ1n) is 6.75. The lowest BCUT2D eigenvalue weighted by Gasteiger charge is -2.22. The number of hydrogen-bond donors (Lipinski definition) is 1. The van der Waals surface area contributed by atoms with Crippen molar-refractivity contribution in [2.75, 3.05) is 12.3 Å². The molecule has 1 heterocycles. The van der Waals surface area contributed by atoms with Crippen LogP contribution in [0.2, 0.25) is 0 Å². The minimum Gasteiger partial charge on any atom is -0.300 e. The molecule has 0 aliphatic rings. The number of aryl methyl sites for hydroxylation is 1. The fourth-order valence-corrected chi connectivity index (χ4v) is 3.32. The van der Waals surface area contributed by atoms with Crippen molar-refractivity contribution >= 4 is 23.3 Å². The van der Waals surface area contributed by atoms with E-state index >= 15 is 0 Å². The van der Waals surface area contributed by atoms with Gasteiger partial charge in [-0.2, -0.15) is 9.64 Å². The third-order valence-electron chi connectivity index (χ3n) is 2.82. The molecule has 19 heavy (non-hydrogen) atoms. The van der Waals surface area contributed by atoms with E-state index in [0.29, 0.717) is 0 Å². The molecule has 1 rings (SSSR count). The molecule has 1 aromatic rings. The van der Waals surface area contributed by atoms with Crippen molar-refractivity contribution < 1.29 is 0 Å². The van der Waals surface area contributed by atoms with E-state index in [4.69, 9.17) is 0 Å². The van der Waals surface area contributed by atoms with E-state index in [-0.39, 0.29) is 0 Å². The van der Waals surface area contributed by atoms with E-state index in [1.807, 2.05) is 6.92 Å². The second kappa shape index (κ2) is 8.51. The molecule has 1 atom stereocenters. The second-order valence-corrected chi connectivity index (χ2v) is 6.75. The van der Waals surface area contributed by atoms with Crippen LogP contribution in [0.15, 0.2) is 4.34 Å². The number of thioether (sulfide) groups is 1. The van der Waals surface area contributed by atoms with Gasteiger partial charge in [0.05, 0.1) is 6.07 Å². The van der Waals surface area contributed by atoms with Gasteiger partial charge in [-0.3, -0.25) is 5.32 Å². The van der Waals surface area contributed by atoms with Crippen LogP contribution in [-0.2, 0) is 6.42 Å². The Morgan fingerprint density at radius 1 is 1.47 bits per heavy atom. The van der Waals surface area contributed by atoms with E-state index in [0.717, 1.165) is 48.1 Å². The maximum Gasteiger partial charge on any atom is 0.170 e. The Morgan fingerprint density at radius 2 is 2.26 bits per heavy atom. The molecule has 0 fully saturated rings. The van der Waals surface area contributed by atoms with Crippen LogP contribution < -0.4 is 5.32 Å². The van der Waals surface area contributed by atoms with Gasteiger partial charge in [0, 0.05) is 12.2 Å². The molecule has 0 aliphatic carbocycles. The number of nitrogens with zero attached hydrogens (tertiary/aromatic N) is 3. The van der Waals surface area contributed by atoms with E-state index in [1.54, 1.807) is 11.8 Å². The highest BCUT2D eigenvalue weighted by atomic mass is 32.2. The number of nitrogens with one attached hydrogen (secondary N) is 1. The molecule has 0 aromatic carbocycles. The van der Waals surface area contributed by atoms with Crippen LogP contribution in [-0.4, -0.2) is 27.2 Å². The Hall–Kier alpha value is -0.640. The smallest absolute Gasteiger partial charge is 0.170 e. The Kier molecular flexibility index (Phi) is 7.36. The number of rotatable bonds is 9. The van der Waals surface area contributed by atoms with Gasteiger partial charge in [0.1, 0.15) is 11.4 Å². The average molecular weight is 298 g/mol. The van der Waals surface area contributed by atoms with Crippen molar-refractivity contribution in [2.45, 2.75) is 56.3 Å². The highest BCUT2D eigenvalue weighted by molar-refractivity contribution is 8.00. The normalized spacial score (nSPS) is 14.0.